The van der Waals surface area contributed by atoms with E-state index in [0.29, 0.717) is 24.5 Å². The van der Waals surface area contributed by atoms with Crippen molar-refractivity contribution in [1.82, 2.24) is 15.3 Å². The van der Waals surface area contributed by atoms with Gasteiger partial charge < -0.3 is 20.6 Å². The summed E-state index contributed by atoms with van der Waals surface area (Å²) in [5.74, 6) is 1.65. The van der Waals surface area contributed by atoms with Gasteiger partial charge >= 0.3 is 0 Å². The maximum absolute atomic E-state index is 11.1. The molecule has 0 bridgehead atoms. The van der Waals surface area contributed by atoms with Gasteiger partial charge in [0.25, 0.3) is 0 Å². The molecule has 1 heterocycles. The summed E-state index contributed by atoms with van der Waals surface area (Å²) in [5.41, 5.74) is 4.43. The fourth-order valence-corrected chi connectivity index (χ4v) is 6.68. The van der Waals surface area contributed by atoms with Crippen LogP contribution in [0.25, 0.3) is 10.9 Å². The third-order valence-electron chi connectivity index (χ3n) is 7.97. The average Bonchev–Trinajstić information content (AvgIpc) is 2.97. The Morgan fingerprint density at radius 2 is 1.49 bits per heavy atom. The van der Waals surface area contributed by atoms with Gasteiger partial charge in [0.2, 0.25) is 5.95 Å². The van der Waals surface area contributed by atoms with E-state index < -0.39 is 6.10 Å². The Kier molecular flexibility index (Phi) is 9.80. The van der Waals surface area contributed by atoms with E-state index in [1.807, 2.05) is 38.0 Å². The van der Waals surface area contributed by atoms with Gasteiger partial charge in [-0.3, -0.25) is 0 Å². The van der Waals surface area contributed by atoms with Crippen molar-refractivity contribution in [2.24, 2.45) is 0 Å². The quantitative estimate of drug-likeness (QED) is 0.170. The van der Waals surface area contributed by atoms with Crippen LogP contribution in [0.4, 0.5) is 11.8 Å². The second kappa shape index (κ2) is 13.7. The Hall–Kier alpha value is -3.13. The van der Waals surface area contributed by atoms with E-state index >= 15 is 0 Å². The van der Waals surface area contributed by atoms with Gasteiger partial charge in [0.15, 0.2) is 0 Å². The first-order chi connectivity index (χ1) is 19.8. The average molecular weight is 570 g/mol. The van der Waals surface area contributed by atoms with E-state index in [4.69, 9.17) is 9.97 Å². The Balaban J connectivity index is 1.17. The number of benzene rings is 3. The molecular formula is C34H43N5OS. The molecule has 2 atom stereocenters. The van der Waals surface area contributed by atoms with Crippen molar-refractivity contribution >= 4 is 34.4 Å². The predicted octanol–water partition coefficient (Wildman–Crippen LogP) is 6.91. The zero-order valence-corrected chi connectivity index (χ0v) is 25.5. The van der Waals surface area contributed by atoms with E-state index in [9.17, 15) is 5.11 Å². The van der Waals surface area contributed by atoms with Crippen molar-refractivity contribution in [3.05, 3.63) is 89.5 Å². The number of aryl methyl sites for hydroxylation is 2. The normalized spacial score (nSPS) is 18.7. The van der Waals surface area contributed by atoms with Crippen LogP contribution in [-0.4, -0.2) is 53.0 Å². The molecule has 1 aliphatic rings. The zero-order chi connectivity index (χ0) is 28.8. The van der Waals surface area contributed by atoms with Crippen molar-refractivity contribution in [3.8, 4) is 0 Å². The number of anilines is 2. The molecule has 1 aromatic heterocycles. The number of hydrogen-bond acceptors (Lipinski definition) is 7. The van der Waals surface area contributed by atoms with Gasteiger partial charge in [0.1, 0.15) is 5.82 Å². The summed E-state index contributed by atoms with van der Waals surface area (Å²) in [5, 5.41) is 19.9. The number of nitrogens with zero attached hydrogens (tertiary/aromatic N) is 3. The molecule has 0 amide bonds. The number of thioether (sulfide) groups is 1. The lowest BCUT2D eigenvalue weighted by Gasteiger charge is -2.31. The van der Waals surface area contributed by atoms with Crippen molar-refractivity contribution in [1.29, 1.82) is 0 Å². The smallest absolute Gasteiger partial charge is 0.225 e. The molecule has 216 valence electrons. The summed E-state index contributed by atoms with van der Waals surface area (Å²) >= 11 is 1.86. The van der Waals surface area contributed by atoms with Crippen LogP contribution in [-0.2, 0) is 0 Å². The van der Waals surface area contributed by atoms with E-state index in [1.165, 1.54) is 16.0 Å². The van der Waals surface area contributed by atoms with Crippen molar-refractivity contribution in [3.63, 3.8) is 0 Å². The van der Waals surface area contributed by atoms with Crippen LogP contribution in [0.15, 0.2) is 77.7 Å². The van der Waals surface area contributed by atoms with E-state index in [2.05, 4.69) is 90.0 Å². The number of aromatic nitrogens is 2. The maximum Gasteiger partial charge on any atom is 0.225 e. The summed E-state index contributed by atoms with van der Waals surface area (Å²) < 4.78 is 0. The Morgan fingerprint density at radius 3 is 2.17 bits per heavy atom. The first-order valence-electron chi connectivity index (χ1n) is 14.8. The molecular weight excluding hydrogens is 526 g/mol. The number of para-hydroxylation sites is 1. The first-order valence-corrected chi connectivity index (χ1v) is 15.6. The molecule has 41 heavy (non-hydrogen) atoms. The van der Waals surface area contributed by atoms with Gasteiger partial charge in [-0.15, -0.1) is 11.8 Å². The Labute approximate surface area is 249 Å². The molecule has 3 aromatic carbocycles. The maximum atomic E-state index is 11.1. The number of fused-ring (bicyclic) bond motifs is 1. The minimum absolute atomic E-state index is 0.264. The van der Waals surface area contributed by atoms with Gasteiger partial charge in [-0.2, -0.15) is 4.98 Å². The lowest BCUT2D eigenvalue weighted by molar-refractivity contribution is 0.165. The minimum Gasteiger partial charge on any atom is -0.388 e. The number of nitrogens with one attached hydrogen (secondary N) is 2. The van der Waals surface area contributed by atoms with Crippen LogP contribution in [0.2, 0.25) is 0 Å². The van der Waals surface area contributed by atoms with Crippen LogP contribution in [0, 0.1) is 13.8 Å². The first kappa shape index (κ1) is 29.4. The van der Waals surface area contributed by atoms with Gasteiger partial charge in [0.05, 0.1) is 11.6 Å². The topological polar surface area (TPSA) is 73.3 Å². The van der Waals surface area contributed by atoms with Crippen LogP contribution in [0.1, 0.15) is 54.9 Å². The summed E-state index contributed by atoms with van der Waals surface area (Å²) in [6.45, 7) is 5.06. The van der Waals surface area contributed by atoms with Crippen molar-refractivity contribution in [2.45, 2.75) is 74.3 Å². The van der Waals surface area contributed by atoms with Crippen molar-refractivity contribution in [2.75, 3.05) is 30.9 Å². The summed E-state index contributed by atoms with van der Waals surface area (Å²) in [6, 6.07) is 26.0. The second-order valence-corrected chi connectivity index (χ2v) is 13.0. The minimum atomic E-state index is -0.478. The zero-order valence-electron chi connectivity index (χ0n) is 24.7. The van der Waals surface area contributed by atoms with Crippen LogP contribution in [0.3, 0.4) is 0 Å². The number of aliphatic hydroxyl groups excluding tert-OH is 1. The third kappa shape index (κ3) is 8.00. The highest BCUT2D eigenvalue weighted by Crippen LogP contribution is 2.31. The highest BCUT2D eigenvalue weighted by Gasteiger charge is 2.24. The number of aliphatic hydroxyl groups is 1. The molecule has 1 fully saturated rings. The van der Waals surface area contributed by atoms with Crippen LogP contribution < -0.4 is 15.5 Å². The van der Waals surface area contributed by atoms with Gasteiger partial charge in [-0.1, -0.05) is 59.7 Å². The molecule has 7 heteroatoms. The number of rotatable bonds is 11. The highest BCUT2D eigenvalue weighted by molar-refractivity contribution is 8.00. The predicted molar refractivity (Wildman–Crippen MR) is 173 cm³/mol. The van der Waals surface area contributed by atoms with Gasteiger partial charge in [-0.05, 0) is 75.8 Å². The lowest BCUT2D eigenvalue weighted by Crippen LogP contribution is -2.40. The van der Waals surface area contributed by atoms with Crippen molar-refractivity contribution < 1.29 is 5.11 Å². The highest BCUT2D eigenvalue weighted by atomic mass is 32.2. The summed E-state index contributed by atoms with van der Waals surface area (Å²) in [7, 11) is 4.05. The molecule has 0 spiro atoms. The van der Waals surface area contributed by atoms with E-state index in [0.717, 1.165) is 54.5 Å². The number of hydrogen-bond donors (Lipinski definition) is 3. The molecule has 1 aliphatic carbocycles. The second-order valence-electron chi connectivity index (χ2n) is 11.6. The molecule has 0 radical (unpaired) electrons. The fourth-order valence-electron chi connectivity index (χ4n) is 5.54. The molecule has 5 rings (SSSR count). The lowest BCUT2D eigenvalue weighted by atomic mass is 9.91. The SMILES string of the molecule is Cc1ccc(SC(CNC2CCC(Nc3nc(N(C)C)c4ccccc4n3)CC2)CC(O)c2ccc(C)cc2)cc1. The third-order valence-corrected chi connectivity index (χ3v) is 9.21. The Morgan fingerprint density at radius 1 is 0.854 bits per heavy atom. The molecule has 0 saturated heterocycles. The molecule has 1 saturated carbocycles. The molecule has 2 unspecified atom stereocenters. The van der Waals surface area contributed by atoms with E-state index in [-0.39, 0.29) is 5.25 Å². The standard InChI is InChI=1S/C34H43N5OS/c1-23-9-13-25(14-10-23)32(40)21-29(41-28-19-11-24(2)12-20-28)22-35-26-15-17-27(18-16-26)36-34-37-31-8-6-5-7-30(31)33(38-34)39(3)4/h5-14,19-20,26-27,29,32,35,40H,15-18,21-22H2,1-4H3,(H,36,37,38). The summed E-state index contributed by atoms with van der Waals surface area (Å²) in [4.78, 5) is 12.9. The Bertz CT molecular complexity index is 1400. The largest absolute Gasteiger partial charge is 0.388 e. The molecule has 4 aromatic rings. The van der Waals surface area contributed by atoms with Crippen LogP contribution >= 0.6 is 11.8 Å². The molecule has 3 N–H and O–H groups in total. The van der Waals surface area contributed by atoms with E-state index in [1.54, 1.807) is 0 Å². The van der Waals surface area contributed by atoms with Gasteiger partial charge in [0, 0.05) is 48.3 Å². The fraction of sp³-hybridized carbons (Fsp3) is 0.412. The molecule has 6 nitrogen and oxygen atoms in total. The summed E-state index contributed by atoms with van der Waals surface area (Å²) in [6.07, 6.45) is 4.59. The van der Waals surface area contributed by atoms with Gasteiger partial charge in [-0.25, -0.2) is 4.98 Å². The monoisotopic (exact) mass is 569 g/mol. The molecule has 0 aliphatic heterocycles. The van der Waals surface area contributed by atoms with Crippen LogP contribution in [0.5, 0.6) is 0 Å².